The number of aromatic hydroxyl groups is 1. The molecule has 2 aromatic rings. The minimum Gasteiger partial charge on any atom is -0.508 e. The summed E-state index contributed by atoms with van der Waals surface area (Å²) in [5.74, 6) is 0.213. The molecule has 1 aliphatic rings. The van der Waals surface area contributed by atoms with Gasteiger partial charge in [0.1, 0.15) is 17.4 Å². The van der Waals surface area contributed by atoms with Crippen LogP contribution in [0.15, 0.2) is 64.5 Å². The summed E-state index contributed by atoms with van der Waals surface area (Å²) in [5, 5.41) is 20.4. The summed E-state index contributed by atoms with van der Waals surface area (Å²) in [4.78, 5) is 30.7. The minimum atomic E-state index is -4.59. The Morgan fingerprint density at radius 3 is 2.52 bits per heavy atom. The molecule has 1 saturated heterocycles. The van der Waals surface area contributed by atoms with Crippen molar-refractivity contribution in [3.8, 4) is 5.75 Å². The van der Waals surface area contributed by atoms with E-state index in [2.05, 4.69) is 10.3 Å². The van der Waals surface area contributed by atoms with E-state index in [1.807, 2.05) is 0 Å². The van der Waals surface area contributed by atoms with Crippen LogP contribution >= 0.6 is 11.6 Å². The van der Waals surface area contributed by atoms with E-state index in [4.69, 9.17) is 28.5 Å². The highest BCUT2D eigenvalue weighted by molar-refractivity contribution is 6.31. The quantitative estimate of drug-likeness (QED) is 0.133. The maximum absolute atomic E-state index is 14.3. The van der Waals surface area contributed by atoms with Crippen molar-refractivity contribution in [2.45, 2.75) is 25.6 Å². The number of phenolic OH excluding ortho intramolecular Hbond substituents is 1. The maximum Gasteiger partial charge on any atom is 0.390 e. The van der Waals surface area contributed by atoms with Crippen molar-refractivity contribution in [3.05, 3.63) is 81.5 Å². The molecule has 1 fully saturated rings. The Bertz CT molecular complexity index is 1420. The largest absolute Gasteiger partial charge is 0.508 e. The van der Waals surface area contributed by atoms with Crippen molar-refractivity contribution in [3.63, 3.8) is 0 Å². The van der Waals surface area contributed by atoms with Gasteiger partial charge in [-0.1, -0.05) is 17.7 Å². The Kier molecular flexibility index (Phi) is 10.6. The zero-order valence-corrected chi connectivity index (χ0v) is 22.9. The molecule has 0 atom stereocenters. The highest BCUT2D eigenvalue weighted by Gasteiger charge is 2.31. The Hall–Kier alpha value is -4.55. The van der Waals surface area contributed by atoms with E-state index in [-0.39, 0.29) is 66.0 Å². The molecule has 0 unspecified atom stereocenters. The van der Waals surface area contributed by atoms with Crippen LogP contribution in [0.3, 0.4) is 0 Å². The second-order valence-electron chi connectivity index (χ2n) is 9.20. The molecule has 0 spiro atoms. The molecule has 224 valence electrons. The van der Waals surface area contributed by atoms with Gasteiger partial charge in [-0.2, -0.15) is 13.2 Å². The first kappa shape index (κ1) is 32.0. The smallest absolute Gasteiger partial charge is 0.390 e. The Labute approximate surface area is 243 Å². The van der Waals surface area contributed by atoms with E-state index in [0.717, 1.165) is 0 Å². The summed E-state index contributed by atoms with van der Waals surface area (Å²) in [6.45, 7) is -1.07. The second-order valence-corrected chi connectivity index (χ2v) is 9.60. The lowest BCUT2D eigenvalue weighted by Gasteiger charge is -2.31. The highest BCUT2D eigenvalue weighted by Crippen LogP contribution is 2.24. The molecular formula is C27H28ClF4N7O3. The number of amidine groups is 1. The number of alkyl halides is 3. The van der Waals surface area contributed by atoms with Gasteiger partial charge in [0.05, 0.1) is 31.8 Å². The number of carbonyl (C=O) groups is 1. The van der Waals surface area contributed by atoms with Crippen molar-refractivity contribution in [2.75, 3.05) is 26.2 Å². The number of hydrogen-bond donors (Lipinski definition) is 5. The first-order chi connectivity index (χ1) is 19.8. The maximum atomic E-state index is 14.3. The molecular weight excluding hydrogens is 582 g/mol. The average molecular weight is 610 g/mol. The molecule has 1 aliphatic heterocycles. The molecule has 0 aliphatic carbocycles. The van der Waals surface area contributed by atoms with Gasteiger partial charge in [-0.3, -0.25) is 15.3 Å². The molecule has 0 radical (unpaired) electrons. The van der Waals surface area contributed by atoms with Crippen LogP contribution in [0.2, 0.25) is 5.02 Å². The summed E-state index contributed by atoms with van der Waals surface area (Å²) in [5.41, 5.74) is 13.1. The number of piperidine rings is 1. The normalized spacial score (nSPS) is 15.6. The van der Waals surface area contributed by atoms with Gasteiger partial charge in [-0.05, 0) is 48.4 Å². The van der Waals surface area contributed by atoms with Crippen LogP contribution in [0.5, 0.6) is 5.75 Å². The number of urea groups is 1. The summed E-state index contributed by atoms with van der Waals surface area (Å²) in [6, 6.07) is 8.21. The van der Waals surface area contributed by atoms with Crippen molar-refractivity contribution in [1.29, 1.82) is 5.41 Å². The van der Waals surface area contributed by atoms with Crippen LogP contribution in [-0.2, 0) is 11.3 Å². The number of carbonyl (C=O) groups excluding carboxylic acids is 2. The van der Waals surface area contributed by atoms with Gasteiger partial charge in [0.2, 0.25) is 0 Å². The fourth-order valence-electron chi connectivity index (χ4n) is 4.07. The number of nitrogens with zero attached hydrogens (tertiary/aromatic N) is 3. The Morgan fingerprint density at radius 2 is 1.90 bits per heavy atom. The predicted molar refractivity (Wildman–Crippen MR) is 149 cm³/mol. The third-order valence-corrected chi connectivity index (χ3v) is 6.70. The number of phenols is 1. The molecule has 0 aromatic heterocycles. The summed E-state index contributed by atoms with van der Waals surface area (Å²) in [6.07, 6.45) is -5.74. The molecule has 1 heterocycles. The lowest BCUT2D eigenvalue weighted by Crippen LogP contribution is -2.47. The molecule has 2 aromatic carbocycles. The lowest BCUT2D eigenvalue weighted by molar-refractivity contribution is -0.135. The van der Waals surface area contributed by atoms with Gasteiger partial charge in [0.15, 0.2) is 11.8 Å². The fourth-order valence-corrected chi connectivity index (χ4v) is 4.29. The van der Waals surface area contributed by atoms with Crippen molar-refractivity contribution in [1.82, 2.24) is 15.1 Å². The van der Waals surface area contributed by atoms with Gasteiger partial charge < -0.3 is 26.8 Å². The van der Waals surface area contributed by atoms with Crippen molar-refractivity contribution >= 4 is 35.1 Å². The van der Waals surface area contributed by atoms with Crippen LogP contribution in [0, 0.1) is 11.2 Å². The number of likely N-dealkylation sites (tertiary alicyclic amines) is 1. The van der Waals surface area contributed by atoms with Crippen LogP contribution in [0.4, 0.5) is 22.4 Å². The number of nitrogens with one attached hydrogen (secondary N) is 2. The summed E-state index contributed by atoms with van der Waals surface area (Å²) < 4.78 is 53.3. The van der Waals surface area contributed by atoms with Crippen LogP contribution in [0.25, 0.3) is 0 Å². The molecule has 15 heteroatoms. The average Bonchev–Trinajstić information content (AvgIpc) is 2.94. The predicted octanol–water partition coefficient (Wildman–Crippen LogP) is 3.67. The van der Waals surface area contributed by atoms with Crippen LogP contribution in [0.1, 0.15) is 24.0 Å². The van der Waals surface area contributed by atoms with E-state index in [0.29, 0.717) is 16.2 Å². The van der Waals surface area contributed by atoms with Gasteiger partial charge >= 0.3 is 12.2 Å². The zero-order valence-electron chi connectivity index (χ0n) is 22.1. The molecule has 0 bridgehead atoms. The first-order valence-electron chi connectivity index (χ1n) is 12.5. The molecule has 2 amide bonds. The van der Waals surface area contributed by atoms with Crippen molar-refractivity contribution < 1.29 is 32.3 Å². The van der Waals surface area contributed by atoms with E-state index in [9.17, 15) is 32.3 Å². The third-order valence-electron chi connectivity index (χ3n) is 6.35. The Morgan fingerprint density at radius 1 is 1.21 bits per heavy atom. The SMILES string of the molecule is N=C(c1ccc(O)cc1)N(CCC(F)(F)F)C(=O)NC/C(N)=C1\CCN(C(N)=C=O)CC1=NCc1c(F)cccc1Cl. The van der Waals surface area contributed by atoms with E-state index in [1.165, 1.54) is 47.4 Å². The third kappa shape index (κ3) is 8.48. The molecule has 3 rings (SSSR count). The standard InChI is InChI=1S/C27H28ClF4N7O3/c28-20-2-1-3-21(29)19(20)12-36-23-14-38(24(34)15-40)10-8-18(23)22(33)13-37-26(42)39(11-9-27(30,31)32)25(35)16-4-6-17(41)7-5-16/h1-7,35,41H,8-14,33-34H2,(H,37,42)/b22-18-,35-25?,36-23?. The second kappa shape index (κ2) is 13.9. The molecule has 7 N–H and O–H groups in total. The molecule has 0 saturated carbocycles. The fraction of sp³-hybridized carbons (Fsp3) is 0.296. The van der Waals surface area contributed by atoms with Crippen molar-refractivity contribution in [2.24, 2.45) is 16.5 Å². The molecule has 42 heavy (non-hydrogen) atoms. The number of halogens is 5. The molecule has 10 nitrogen and oxygen atoms in total. The topological polar surface area (TPSA) is 161 Å². The minimum absolute atomic E-state index is 0.0142. The number of hydrogen-bond acceptors (Lipinski definition) is 8. The van der Waals surface area contributed by atoms with Crippen LogP contribution < -0.4 is 16.8 Å². The monoisotopic (exact) mass is 609 g/mol. The van der Waals surface area contributed by atoms with E-state index in [1.54, 1.807) is 5.94 Å². The summed E-state index contributed by atoms with van der Waals surface area (Å²) in [7, 11) is 0. The first-order valence-corrected chi connectivity index (χ1v) is 12.9. The van der Waals surface area contributed by atoms with E-state index >= 15 is 0 Å². The van der Waals surface area contributed by atoms with E-state index < -0.39 is 36.8 Å². The van der Waals surface area contributed by atoms with Gasteiger partial charge in [0, 0.05) is 34.9 Å². The Balaban J connectivity index is 1.85. The zero-order chi connectivity index (χ0) is 31.0. The van der Waals surface area contributed by atoms with Gasteiger partial charge in [0.25, 0.3) is 0 Å². The number of nitrogens with two attached hydrogens (primary N) is 2. The van der Waals surface area contributed by atoms with Gasteiger partial charge in [-0.25, -0.2) is 14.0 Å². The number of benzene rings is 2. The lowest BCUT2D eigenvalue weighted by atomic mass is 9.99. The van der Waals surface area contributed by atoms with Crippen LogP contribution in [-0.4, -0.2) is 70.8 Å². The highest BCUT2D eigenvalue weighted by atomic mass is 35.5. The number of amides is 2. The number of rotatable bonds is 8. The summed E-state index contributed by atoms with van der Waals surface area (Å²) >= 11 is 6.11. The van der Waals surface area contributed by atoms with Gasteiger partial charge in [-0.15, -0.1) is 0 Å². The number of aliphatic imine (C=N–C) groups is 1.